The Morgan fingerprint density at radius 3 is 2.77 bits per heavy atom. The van der Waals surface area contributed by atoms with E-state index in [1.807, 2.05) is 0 Å². The van der Waals surface area contributed by atoms with Gasteiger partial charge in [0.05, 0.1) is 0 Å². The van der Waals surface area contributed by atoms with Gasteiger partial charge in [0, 0.05) is 11.3 Å². The number of carboxylic acids is 1. The third kappa shape index (κ3) is 3.32. The molecule has 1 aliphatic heterocycles. The number of hydrogen-bond donors (Lipinski definition) is 1. The van der Waals surface area contributed by atoms with Crippen LogP contribution in [0.5, 0.6) is 0 Å². The third-order valence-electron chi connectivity index (χ3n) is 5.48. The van der Waals surface area contributed by atoms with Gasteiger partial charge < -0.3 is 9.84 Å². The van der Waals surface area contributed by atoms with Crippen LogP contribution in [0.2, 0.25) is 0 Å². The number of aliphatic carboxylic acids is 1. The van der Waals surface area contributed by atoms with E-state index in [2.05, 4.69) is 0 Å². The molecule has 2 saturated carbocycles. The molecule has 0 aromatic rings. The second-order valence-corrected chi connectivity index (χ2v) is 7.53. The number of carbonyl (C=O) groups excluding carboxylic acids is 1. The van der Waals surface area contributed by atoms with E-state index in [9.17, 15) is 9.59 Å². The zero-order valence-corrected chi connectivity index (χ0v) is 13.4. The van der Waals surface area contributed by atoms with Gasteiger partial charge in [0.2, 0.25) is 0 Å². The Bertz CT molecular complexity index is 487. The normalized spacial score (nSPS) is 38.7. The largest absolute Gasteiger partial charge is 0.477 e. The average molecular weight is 327 g/mol. The molecule has 0 amide bonds. The highest BCUT2D eigenvalue weighted by atomic mass is 35.5. The van der Waals surface area contributed by atoms with E-state index in [0.29, 0.717) is 17.2 Å². The predicted molar refractivity (Wildman–Crippen MR) is 82.6 cm³/mol. The van der Waals surface area contributed by atoms with Crippen LogP contribution in [0.4, 0.5) is 0 Å². The van der Waals surface area contributed by atoms with Gasteiger partial charge in [-0.3, -0.25) is 0 Å². The van der Waals surface area contributed by atoms with E-state index in [1.54, 1.807) is 6.08 Å². The molecule has 3 aliphatic rings. The number of hydrogen-bond acceptors (Lipinski definition) is 3. The molecular formula is C17H23ClO4. The van der Waals surface area contributed by atoms with Crippen molar-refractivity contribution in [2.24, 2.45) is 17.8 Å². The zero-order valence-electron chi connectivity index (χ0n) is 12.7. The fourth-order valence-corrected chi connectivity index (χ4v) is 4.69. The average Bonchev–Trinajstić information content (AvgIpc) is 2.49. The smallest absolute Gasteiger partial charge is 0.345 e. The molecule has 5 heteroatoms. The standard InChI is InChI=1S/C17H23ClO4/c18-14-4-2-1-3-11(14)7-10-5-6-15-12(8-10)9-13(16(19)20)17(21)22-15/h9-12,14-15H,1-8H2,(H,19,20). The van der Waals surface area contributed by atoms with Crippen molar-refractivity contribution >= 4 is 23.5 Å². The highest BCUT2D eigenvalue weighted by molar-refractivity contribution is 6.20. The molecule has 5 atom stereocenters. The summed E-state index contributed by atoms with van der Waals surface area (Å²) in [6, 6.07) is 0. The second kappa shape index (κ2) is 6.61. The molecule has 0 bridgehead atoms. The molecule has 0 aromatic heterocycles. The van der Waals surface area contributed by atoms with Crippen molar-refractivity contribution < 1.29 is 19.4 Å². The van der Waals surface area contributed by atoms with Crippen molar-refractivity contribution in [1.29, 1.82) is 0 Å². The summed E-state index contributed by atoms with van der Waals surface area (Å²) in [7, 11) is 0. The summed E-state index contributed by atoms with van der Waals surface area (Å²) in [5, 5.41) is 9.37. The quantitative estimate of drug-likeness (QED) is 0.489. The molecule has 5 unspecified atom stereocenters. The lowest BCUT2D eigenvalue weighted by molar-refractivity contribution is -0.154. The predicted octanol–water partition coefficient (Wildman–Crippen LogP) is 3.53. The molecule has 122 valence electrons. The Hall–Kier alpha value is -1.03. The number of carboxylic acid groups (broad SMARTS) is 1. The van der Waals surface area contributed by atoms with E-state index < -0.39 is 11.9 Å². The van der Waals surface area contributed by atoms with Crippen LogP contribution in [0.3, 0.4) is 0 Å². The Kier molecular flexibility index (Phi) is 4.76. The fourth-order valence-electron chi connectivity index (χ4n) is 4.30. The van der Waals surface area contributed by atoms with Gasteiger partial charge in [-0.25, -0.2) is 9.59 Å². The molecule has 0 aromatic carbocycles. The Morgan fingerprint density at radius 1 is 1.27 bits per heavy atom. The molecule has 2 aliphatic carbocycles. The highest BCUT2D eigenvalue weighted by Gasteiger charge is 2.39. The number of fused-ring (bicyclic) bond motifs is 1. The van der Waals surface area contributed by atoms with Crippen LogP contribution in [-0.4, -0.2) is 28.5 Å². The summed E-state index contributed by atoms with van der Waals surface area (Å²) in [6.45, 7) is 0. The topological polar surface area (TPSA) is 63.6 Å². The van der Waals surface area contributed by atoms with Crippen LogP contribution in [0, 0.1) is 17.8 Å². The van der Waals surface area contributed by atoms with E-state index in [0.717, 1.165) is 32.1 Å². The number of alkyl halides is 1. The van der Waals surface area contributed by atoms with E-state index in [1.165, 1.54) is 19.3 Å². The van der Waals surface area contributed by atoms with E-state index >= 15 is 0 Å². The summed E-state index contributed by atoms with van der Waals surface area (Å²) in [4.78, 5) is 22.7. The molecule has 4 nitrogen and oxygen atoms in total. The minimum absolute atomic E-state index is 0.0555. The first-order chi connectivity index (χ1) is 10.5. The summed E-state index contributed by atoms with van der Waals surface area (Å²) in [6.07, 6.45) is 10.3. The number of carbonyl (C=O) groups is 2. The maximum absolute atomic E-state index is 11.6. The van der Waals surface area contributed by atoms with Gasteiger partial charge in [-0.2, -0.15) is 0 Å². The van der Waals surface area contributed by atoms with Gasteiger partial charge in [0.15, 0.2) is 0 Å². The van der Waals surface area contributed by atoms with E-state index in [-0.39, 0.29) is 17.6 Å². The lowest BCUT2D eigenvalue weighted by Gasteiger charge is -2.39. The first kappa shape index (κ1) is 15.9. The Balaban J connectivity index is 1.64. The number of rotatable bonds is 3. The third-order valence-corrected chi connectivity index (χ3v) is 6.06. The van der Waals surface area contributed by atoms with Gasteiger partial charge in [-0.05, 0) is 50.4 Å². The first-order valence-corrected chi connectivity index (χ1v) is 8.78. The molecule has 2 fully saturated rings. The monoisotopic (exact) mass is 326 g/mol. The summed E-state index contributed by atoms with van der Waals surface area (Å²) in [5.41, 5.74) is -0.199. The van der Waals surface area contributed by atoms with Crippen molar-refractivity contribution in [3.63, 3.8) is 0 Å². The summed E-state index contributed by atoms with van der Waals surface area (Å²) < 4.78 is 5.31. The molecule has 0 saturated heterocycles. The summed E-state index contributed by atoms with van der Waals surface area (Å²) in [5.74, 6) is -0.654. The van der Waals surface area contributed by atoms with Crippen LogP contribution in [0.25, 0.3) is 0 Å². The van der Waals surface area contributed by atoms with Crippen LogP contribution in [-0.2, 0) is 14.3 Å². The molecule has 0 spiro atoms. The van der Waals surface area contributed by atoms with Crippen molar-refractivity contribution in [1.82, 2.24) is 0 Å². The molecule has 22 heavy (non-hydrogen) atoms. The van der Waals surface area contributed by atoms with E-state index in [4.69, 9.17) is 21.4 Å². The Morgan fingerprint density at radius 2 is 2.05 bits per heavy atom. The van der Waals surface area contributed by atoms with Gasteiger partial charge >= 0.3 is 11.9 Å². The maximum atomic E-state index is 11.6. The SMILES string of the molecule is O=C(O)C1=CC2CC(CC3CCCCC3Cl)CCC2OC1=O. The lowest BCUT2D eigenvalue weighted by Crippen LogP contribution is -2.38. The summed E-state index contributed by atoms with van der Waals surface area (Å²) >= 11 is 6.46. The van der Waals surface area contributed by atoms with Gasteiger partial charge in [-0.15, -0.1) is 11.6 Å². The zero-order chi connectivity index (χ0) is 15.7. The molecule has 1 N–H and O–H groups in total. The van der Waals surface area contributed by atoms with Crippen LogP contribution >= 0.6 is 11.6 Å². The molecule has 0 radical (unpaired) electrons. The van der Waals surface area contributed by atoms with Crippen LogP contribution in [0.15, 0.2) is 11.6 Å². The number of esters is 1. The minimum Gasteiger partial charge on any atom is -0.477 e. The van der Waals surface area contributed by atoms with Crippen molar-refractivity contribution in [2.45, 2.75) is 62.8 Å². The first-order valence-electron chi connectivity index (χ1n) is 8.34. The molecule has 3 rings (SSSR count). The van der Waals surface area contributed by atoms with Gasteiger partial charge in [-0.1, -0.05) is 18.9 Å². The lowest BCUT2D eigenvalue weighted by atomic mass is 9.72. The maximum Gasteiger partial charge on any atom is 0.345 e. The number of ether oxygens (including phenoxy) is 1. The van der Waals surface area contributed by atoms with Crippen LogP contribution < -0.4 is 0 Å². The minimum atomic E-state index is -1.18. The fraction of sp³-hybridized carbons (Fsp3) is 0.765. The van der Waals surface area contributed by atoms with Crippen molar-refractivity contribution in [2.75, 3.05) is 0 Å². The van der Waals surface area contributed by atoms with Crippen LogP contribution in [0.1, 0.15) is 51.4 Å². The second-order valence-electron chi connectivity index (χ2n) is 6.97. The molecular weight excluding hydrogens is 304 g/mol. The van der Waals surface area contributed by atoms with Gasteiger partial charge in [0.25, 0.3) is 0 Å². The highest BCUT2D eigenvalue weighted by Crippen LogP contribution is 2.41. The van der Waals surface area contributed by atoms with Gasteiger partial charge in [0.1, 0.15) is 11.7 Å². The van der Waals surface area contributed by atoms with Crippen molar-refractivity contribution in [3.8, 4) is 0 Å². The van der Waals surface area contributed by atoms with Crippen molar-refractivity contribution in [3.05, 3.63) is 11.6 Å². The number of halogens is 1. The molecule has 1 heterocycles. The Labute approximate surface area is 135 Å².